The van der Waals surface area contributed by atoms with Gasteiger partial charge < -0.3 is 18.9 Å². The molecule has 2 atom stereocenters. The van der Waals surface area contributed by atoms with E-state index in [0.717, 1.165) is 57.8 Å². The van der Waals surface area contributed by atoms with Crippen LogP contribution in [0.1, 0.15) is 142 Å². The van der Waals surface area contributed by atoms with E-state index in [2.05, 4.69) is 62.5 Å². The van der Waals surface area contributed by atoms with Gasteiger partial charge in [-0.15, -0.1) is 0 Å². The molecule has 0 aliphatic rings. The van der Waals surface area contributed by atoms with E-state index < -0.39 is 32.5 Å². The van der Waals surface area contributed by atoms with Gasteiger partial charge in [-0.2, -0.15) is 0 Å². The molecule has 0 rings (SSSR count). The summed E-state index contributed by atoms with van der Waals surface area (Å²) in [4.78, 5) is 35.0. The van der Waals surface area contributed by atoms with Crippen LogP contribution >= 0.6 is 7.82 Å². The van der Waals surface area contributed by atoms with Crippen molar-refractivity contribution in [2.75, 3.05) is 47.5 Å². The van der Waals surface area contributed by atoms with Crippen molar-refractivity contribution in [3.63, 3.8) is 0 Å². The number of ether oxygens (including phenoxy) is 2. The highest BCUT2D eigenvalue weighted by Crippen LogP contribution is 2.43. The molecule has 0 spiro atoms. The van der Waals surface area contributed by atoms with Gasteiger partial charge in [0.15, 0.2) is 6.10 Å². The SMILES string of the molecule is CCCCC/C=C/C/C=C/C/C=C/C/C=C/CCCCCC(=O)OC[C@@H](COP(=O)(O)OCC[N+](C)(C)C)OC(=O)CCCCCCCCC. The molecule has 1 N–H and O–H groups in total. The lowest BCUT2D eigenvalue weighted by Gasteiger charge is -2.24. The number of quaternary nitrogens is 1. The number of phosphoric ester groups is 1. The maximum atomic E-state index is 12.5. The quantitative estimate of drug-likeness (QED) is 0.0230. The Bertz CT molecular complexity index is 1000. The third-order valence-corrected chi connectivity index (χ3v) is 8.85. The Morgan fingerprint density at radius 1 is 0.620 bits per heavy atom. The smallest absolute Gasteiger partial charge is 0.462 e. The highest BCUT2D eigenvalue weighted by atomic mass is 31.2. The Hall–Kier alpha value is -2.03. The summed E-state index contributed by atoms with van der Waals surface area (Å²) in [6.45, 7) is 4.28. The number of hydrogen-bond acceptors (Lipinski definition) is 7. The Kier molecular flexibility index (Phi) is 31.5. The normalized spacial score (nSPS) is 14.3. The van der Waals surface area contributed by atoms with Crippen molar-refractivity contribution < 1.29 is 42.1 Å². The minimum Gasteiger partial charge on any atom is -0.462 e. The molecule has 0 amide bonds. The number of likely N-dealkylation sites (N-methyl/N-ethyl adjacent to an activating group) is 1. The van der Waals surface area contributed by atoms with Gasteiger partial charge in [0.05, 0.1) is 27.7 Å². The Morgan fingerprint density at radius 3 is 1.64 bits per heavy atom. The molecular formula is C40H73NO8P+. The van der Waals surface area contributed by atoms with E-state index >= 15 is 0 Å². The van der Waals surface area contributed by atoms with Crippen LogP contribution in [0, 0.1) is 0 Å². The number of allylic oxidation sites excluding steroid dienone is 8. The zero-order valence-electron chi connectivity index (χ0n) is 32.4. The van der Waals surface area contributed by atoms with E-state index in [9.17, 15) is 19.0 Å². The Labute approximate surface area is 305 Å². The number of esters is 2. The molecule has 0 heterocycles. The molecule has 0 saturated heterocycles. The molecule has 0 fully saturated rings. The monoisotopic (exact) mass is 727 g/mol. The molecule has 10 heteroatoms. The fraction of sp³-hybridized carbons (Fsp3) is 0.750. The number of unbranched alkanes of at least 4 members (excludes halogenated alkanes) is 12. The first-order valence-electron chi connectivity index (χ1n) is 19.4. The summed E-state index contributed by atoms with van der Waals surface area (Å²) in [5.74, 6) is -0.846. The van der Waals surface area contributed by atoms with Gasteiger partial charge in [0.2, 0.25) is 0 Å². The minimum absolute atomic E-state index is 0.0252. The molecule has 0 aromatic carbocycles. The van der Waals surface area contributed by atoms with Crippen LogP contribution < -0.4 is 0 Å². The van der Waals surface area contributed by atoms with Crippen LogP contribution in [0.15, 0.2) is 48.6 Å². The summed E-state index contributed by atoms with van der Waals surface area (Å²) in [5, 5.41) is 0. The zero-order chi connectivity index (χ0) is 37.2. The van der Waals surface area contributed by atoms with Crippen LogP contribution in [0.5, 0.6) is 0 Å². The van der Waals surface area contributed by atoms with Crippen LogP contribution in [-0.4, -0.2) is 74.9 Å². The molecule has 290 valence electrons. The topological polar surface area (TPSA) is 108 Å². The van der Waals surface area contributed by atoms with Crippen molar-refractivity contribution in [3.05, 3.63) is 48.6 Å². The molecule has 0 aliphatic heterocycles. The molecule has 0 saturated carbocycles. The van der Waals surface area contributed by atoms with Gasteiger partial charge in [-0.1, -0.05) is 120 Å². The highest BCUT2D eigenvalue weighted by Gasteiger charge is 2.27. The standard InChI is InChI=1S/C40H72NO8P/c1-6-8-10-12-14-15-16-17-18-19-20-21-22-23-24-25-27-28-30-32-39(42)46-36-38(37-48-50(44,45)47-35-34-41(3,4)5)49-40(43)33-31-29-26-13-11-9-7-2/h14-15,17-18,20-21,23-24,38H,6-13,16,19,22,25-37H2,1-5H3/p+1/b15-14+,18-17+,21-20+,24-23+/t38-/m0/s1. The van der Waals surface area contributed by atoms with Crippen molar-refractivity contribution in [2.24, 2.45) is 0 Å². The van der Waals surface area contributed by atoms with Crippen LogP contribution in [0.25, 0.3) is 0 Å². The highest BCUT2D eigenvalue weighted by molar-refractivity contribution is 7.47. The molecule has 0 aromatic rings. The van der Waals surface area contributed by atoms with Gasteiger partial charge in [0.1, 0.15) is 19.8 Å². The van der Waals surface area contributed by atoms with Crippen LogP contribution in [-0.2, 0) is 32.7 Å². The molecular weight excluding hydrogens is 653 g/mol. The van der Waals surface area contributed by atoms with Crippen molar-refractivity contribution in [2.45, 2.75) is 148 Å². The maximum absolute atomic E-state index is 12.5. The second-order valence-electron chi connectivity index (χ2n) is 14.0. The lowest BCUT2D eigenvalue weighted by Crippen LogP contribution is -2.37. The number of phosphoric acid groups is 1. The Morgan fingerprint density at radius 2 is 1.08 bits per heavy atom. The van der Waals surface area contributed by atoms with Gasteiger partial charge in [0.25, 0.3) is 0 Å². The van der Waals surface area contributed by atoms with Crippen LogP contribution in [0.2, 0.25) is 0 Å². The number of carbonyl (C=O) groups is 2. The van der Waals surface area contributed by atoms with E-state index in [1.54, 1.807) is 0 Å². The first kappa shape index (κ1) is 48.0. The summed E-state index contributed by atoms with van der Waals surface area (Å²) in [6.07, 6.45) is 36.1. The van der Waals surface area contributed by atoms with Crippen molar-refractivity contribution in [3.8, 4) is 0 Å². The summed E-state index contributed by atoms with van der Waals surface area (Å²) < 4.78 is 34.0. The molecule has 1 unspecified atom stereocenters. The fourth-order valence-corrected chi connectivity index (χ4v) is 5.50. The lowest BCUT2D eigenvalue weighted by atomic mass is 10.1. The number of rotatable bonds is 34. The first-order chi connectivity index (χ1) is 24.0. The van der Waals surface area contributed by atoms with Gasteiger partial charge in [-0.3, -0.25) is 18.6 Å². The van der Waals surface area contributed by atoms with Crippen molar-refractivity contribution in [1.29, 1.82) is 0 Å². The van der Waals surface area contributed by atoms with E-state index in [1.807, 2.05) is 21.1 Å². The van der Waals surface area contributed by atoms with Crippen molar-refractivity contribution >= 4 is 19.8 Å². The van der Waals surface area contributed by atoms with Gasteiger partial charge in [-0.05, 0) is 57.8 Å². The number of carbonyl (C=O) groups excluding carboxylic acids is 2. The second kappa shape index (κ2) is 32.8. The second-order valence-corrected chi connectivity index (χ2v) is 15.4. The van der Waals surface area contributed by atoms with E-state index in [1.165, 1.54) is 44.9 Å². The minimum atomic E-state index is -4.37. The van der Waals surface area contributed by atoms with Crippen molar-refractivity contribution in [1.82, 2.24) is 0 Å². The summed E-state index contributed by atoms with van der Waals surface area (Å²) in [6, 6.07) is 0. The third-order valence-electron chi connectivity index (χ3n) is 7.86. The van der Waals surface area contributed by atoms with E-state index in [4.69, 9.17) is 18.5 Å². The first-order valence-corrected chi connectivity index (χ1v) is 20.9. The Balaban J connectivity index is 4.38. The lowest BCUT2D eigenvalue weighted by molar-refractivity contribution is -0.870. The molecule has 0 bridgehead atoms. The van der Waals surface area contributed by atoms with E-state index in [-0.39, 0.29) is 26.1 Å². The predicted molar refractivity (Wildman–Crippen MR) is 206 cm³/mol. The average Bonchev–Trinajstić information content (AvgIpc) is 3.06. The predicted octanol–water partition coefficient (Wildman–Crippen LogP) is 10.3. The molecule has 0 radical (unpaired) electrons. The number of nitrogens with zero attached hydrogens (tertiary/aromatic N) is 1. The van der Waals surface area contributed by atoms with Crippen LogP contribution in [0.3, 0.4) is 0 Å². The largest absolute Gasteiger partial charge is 0.472 e. The third kappa shape index (κ3) is 35.8. The summed E-state index contributed by atoms with van der Waals surface area (Å²) in [7, 11) is 1.45. The van der Waals surface area contributed by atoms with Gasteiger partial charge in [-0.25, -0.2) is 4.57 Å². The summed E-state index contributed by atoms with van der Waals surface area (Å²) >= 11 is 0. The van der Waals surface area contributed by atoms with Gasteiger partial charge in [0, 0.05) is 12.8 Å². The molecule has 9 nitrogen and oxygen atoms in total. The summed E-state index contributed by atoms with van der Waals surface area (Å²) in [5.41, 5.74) is 0. The zero-order valence-corrected chi connectivity index (χ0v) is 33.3. The van der Waals surface area contributed by atoms with E-state index in [0.29, 0.717) is 23.9 Å². The molecule has 0 aromatic heterocycles. The molecule has 0 aliphatic carbocycles. The number of hydrogen-bond donors (Lipinski definition) is 1. The van der Waals surface area contributed by atoms with Crippen LogP contribution in [0.4, 0.5) is 0 Å². The fourth-order valence-electron chi connectivity index (χ4n) is 4.76. The van der Waals surface area contributed by atoms with Gasteiger partial charge >= 0.3 is 19.8 Å². The molecule has 50 heavy (non-hydrogen) atoms. The maximum Gasteiger partial charge on any atom is 0.472 e. The average molecular weight is 727 g/mol.